The van der Waals surface area contributed by atoms with E-state index in [0.717, 1.165) is 12.8 Å². The molecule has 0 heterocycles. The third kappa shape index (κ3) is 2.50. The van der Waals surface area contributed by atoms with Crippen LogP contribution < -0.4 is 0 Å². The first-order valence-electron chi connectivity index (χ1n) is 5.59. The van der Waals surface area contributed by atoms with Gasteiger partial charge in [0.1, 0.15) is 5.78 Å². The second kappa shape index (κ2) is 4.65. The molecule has 2 unspecified atom stereocenters. The number of ketones is 1. The number of carbonyl (C=O) groups excluding carboxylic acids is 1. The third-order valence-electron chi connectivity index (χ3n) is 3.91. The fourth-order valence-corrected chi connectivity index (χ4v) is 2.87. The van der Waals surface area contributed by atoms with Crippen LogP contribution in [0.5, 0.6) is 0 Å². The maximum Gasteiger partial charge on any atom is 0.133 e. The number of hydrogen-bond donors (Lipinski definition) is 0. The Morgan fingerprint density at radius 1 is 1.50 bits per heavy atom. The van der Waals surface area contributed by atoms with Crippen LogP contribution in [0.15, 0.2) is 0 Å². The van der Waals surface area contributed by atoms with Crippen LogP contribution in [0.3, 0.4) is 0 Å². The van der Waals surface area contributed by atoms with Crippen molar-refractivity contribution in [3.8, 4) is 0 Å². The van der Waals surface area contributed by atoms with Gasteiger partial charge in [0.15, 0.2) is 0 Å². The number of hydrogen-bond acceptors (Lipinski definition) is 1. The Kier molecular flexibility index (Phi) is 4.00. The topological polar surface area (TPSA) is 17.1 Å². The van der Waals surface area contributed by atoms with Gasteiger partial charge in [-0.1, -0.05) is 27.2 Å². The van der Waals surface area contributed by atoms with E-state index in [4.69, 9.17) is 11.6 Å². The normalized spacial score (nSPS) is 29.3. The largest absolute Gasteiger partial charge is 0.300 e. The molecule has 0 aliphatic heterocycles. The van der Waals surface area contributed by atoms with Gasteiger partial charge in [-0.15, -0.1) is 11.6 Å². The zero-order valence-electron chi connectivity index (χ0n) is 9.48. The van der Waals surface area contributed by atoms with Gasteiger partial charge >= 0.3 is 0 Å². The predicted molar refractivity (Wildman–Crippen MR) is 60.6 cm³/mol. The lowest BCUT2D eigenvalue weighted by Gasteiger charge is -2.41. The highest BCUT2D eigenvalue weighted by Crippen LogP contribution is 2.43. The van der Waals surface area contributed by atoms with Crippen molar-refractivity contribution in [1.82, 2.24) is 0 Å². The summed E-state index contributed by atoms with van der Waals surface area (Å²) in [6, 6.07) is 0. The number of halogens is 1. The Hall–Kier alpha value is -0.0400. The third-order valence-corrected chi connectivity index (χ3v) is 4.30. The lowest BCUT2D eigenvalue weighted by Crippen LogP contribution is -2.36. The van der Waals surface area contributed by atoms with Gasteiger partial charge in [-0.05, 0) is 23.7 Å². The maximum absolute atomic E-state index is 11.3. The standard InChI is InChI=1S/C12H21ClO/c1-4-12(2,3)11-6-5-10(14)7-9(11)8-13/h9,11H,4-8H2,1-3H3. The highest BCUT2D eigenvalue weighted by atomic mass is 35.5. The molecular weight excluding hydrogens is 196 g/mol. The summed E-state index contributed by atoms with van der Waals surface area (Å²) >= 11 is 5.95. The minimum atomic E-state index is 0.334. The van der Waals surface area contributed by atoms with Gasteiger partial charge in [0, 0.05) is 18.7 Å². The van der Waals surface area contributed by atoms with Crippen LogP contribution in [0.1, 0.15) is 46.5 Å². The SMILES string of the molecule is CCC(C)(C)C1CCC(=O)CC1CCl. The molecular formula is C12H21ClO. The van der Waals surface area contributed by atoms with Crippen molar-refractivity contribution in [2.24, 2.45) is 17.3 Å². The Bertz CT molecular complexity index is 210. The predicted octanol–water partition coefficient (Wildman–Crippen LogP) is 3.65. The molecule has 0 aromatic heterocycles. The van der Waals surface area contributed by atoms with E-state index in [-0.39, 0.29) is 0 Å². The monoisotopic (exact) mass is 216 g/mol. The summed E-state index contributed by atoms with van der Waals surface area (Å²) in [4.78, 5) is 11.3. The van der Waals surface area contributed by atoms with Crippen LogP contribution in [0.4, 0.5) is 0 Å². The van der Waals surface area contributed by atoms with Gasteiger partial charge in [0.25, 0.3) is 0 Å². The van der Waals surface area contributed by atoms with Crippen LogP contribution in [-0.4, -0.2) is 11.7 Å². The Morgan fingerprint density at radius 2 is 2.14 bits per heavy atom. The molecule has 0 spiro atoms. The average molecular weight is 217 g/mol. The highest BCUT2D eigenvalue weighted by Gasteiger charge is 2.37. The van der Waals surface area contributed by atoms with Crippen molar-refractivity contribution in [3.63, 3.8) is 0 Å². The van der Waals surface area contributed by atoms with Crippen molar-refractivity contribution in [2.45, 2.75) is 46.5 Å². The molecule has 1 rings (SSSR count). The van der Waals surface area contributed by atoms with Crippen LogP contribution in [0.2, 0.25) is 0 Å². The van der Waals surface area contributed by atoms with Gasteiger partial charge < -0.3 is 0 Å². The molecule has 1 aliphatic carbocycles. The molecule has 14 heavy (non-hydrogen) atoms. The van der Waals surface area contributed by atoms with Gasteiger partial charge in [0.2, 0.25) is 0 Å². The molecule has 0 amide bonds. The molecule has 0 saturated heterocycles. The number of alkyl halides is 1. The van der Waals surface area contributed by atoms with Gasteiger partial charge in [-0.2, -0.15) is 0 Å². The first kappa shape index (κ1) is 12.0. The lowest BCUT2D eigenvalue weighted by atomic mass is 9.65. The van der Waals surface area contributed by atoms with Crippen molar-refractivity contribution >= 4 is 17.4 Å². The summed E-state index contributed by atoms with van der Waals surface area (Å²) in [6.07, 6.45) is 3.68. The average Bonchev–Trinajstić information content (AvgIpc) is 2.17. The van der Waals surface area contributed by atoms with Crippen LogP contribution in [-0.2, 0) is 4.79 Å². The molecule has 0 aromatic carbocycles. The lowest BCUT2D eigenvalue weighted by molar-refractivity contribution is -0.123. The summed E-state index contributed by atoms with van der Waals surface area (Å²) in [5, 5.41) is 0. The molecule has 0 radical (unpaired) electrons. The van der Waals surface area contributed by atoms with E-state index >= 15 is 0 Å². The first-order valence-corrected chi connectivity index (χ1v) is 6.12. The number of rotatable bonds is 3. The minimum Gasteiger partial charge on any atom is -0.300 e. The Labute approximate surface area is 92.2 Å². The van der Waals surface area contributed by atoms with E-state index in [2.05, 4.69) is 20.8 Å². The van der Waals surface area contributed by atoms with Crippen molar-refractivity contribution in [3.05, 3.63) is 0 Å². The second-order valence-electron chi connectivity index (χ2n) is 5.14. The summed E-state index contributed by atoms with van der Waals surface area (Å²) in [6.45, 7) is 6.82. The van der Waals surface area contributed by atoms with Crippen LogP contribution in [0.25, 0.3) is 0 Å². The van der Waals surface area contributed by atoms with Gasteiger partial charge in [-0.25, -0.2) is 0 Å². The molecule has 82 valence electrons. The second-order valence-corrected chi connectivity index (χ2v) is 5.45. The quantitative estimate of drug-likeness (QED) is 0.659. The minimum absolute atomic E-state index is 0.334. The van der Waals surface area contributed by atoms with Crippen LogP contribution in [0, 0.1) is 17.3 Å². The van der Waals surface area contributed by atoms with E-state index in [1.54, 1.807) is 0 Å². The van der Waals surface area contributed by atoms with E-state index in [9.17, 15) is 4.79 Å². The molecule has 1 fully saturated rings. The highest BCUT2D eigenvalue weighted by molar-refractivity contribution is 6.18. The molecule has 0 aromatic rings. The zero-order chi connectivity index (χ0) is 10.8. The number of carbonyl (C=O) groups is 1. The van der Waals surface area contributed by atoms with Crippen molar-refractivity contribution in [2.75, 3.05) is 5.88 Å². The van der Waals surface area contributed by atoms with Gasteiger partial charge in [0.05, 0.1) is 0 Å². The summed E-state index contributed by atoms with van der Waals surface area (Å²) in [7, 11) is 0. The van der Waals surface area contributed by atoms with Crippen LogP contribution >= 0.6 is 11.6 Å². The Balaban J connectivity index is 2.72. The van der Waals surface area contributed by atoms with E-state index in [1.807, 2.05) is 0 Å². The molecule has 1 aliphatic rings. The molecule has 2 heteroatoms. The zero-order valence-corrected chi connectivity index (χ0v) is 10.2. The van der Waals surface area contributed by atoms with E-state index in [0.29, 0.717) is 35.3 Å². The summed E-state index contributed by atoms with van der Waals surface area (Å²) in [5.74, 6) is 2.08. The molecule has 0 N–H and O–H groups in total. The molecule has 1 nitrogen and oxygen atoms in total. The first-order chi connectivity index (χ1) is 6.51. The van der Waals surface area contributed by atoms with Gasteiger partial charge in [-0.3, -0.25) is 4.79 Å². The summed E-state index contributed by atoms with van der Waals surface area (Å²) < 4.78 is 0. The fourth-order valence-electron chi connectivity index (χ4n) is 2.54. The maximum atomic E-state index is 11.3. The molecule has 2 atom stereocenters. The smallest absolute Gasteiger partial charge is 0.133 e. The number of Topliss-reactive ketones (excluding diaryl/α,β-unsaturated/α-hetero) is 1. The molecule has 0 bridgehead atoms. The van der Waals surface area contributed by atoms with Crippen molar-refractivity contribution < 1.29 is 4.79 Å². The van der Waals surface area contributed by atoms with Crippen molar-refractivity contribution in [1.29, 1.82) is 0 Å². The Morgan fingerprint density at radius 3 is 2.64 bits per heavy atom. The molecule has 1 saturated carbocycles. The summed E-state index contributed by atoms with van der Waals surface area (Å²) in [5.41, 5.74) is 0.334. The fraction of sp³-hybridized carbons (Fsp3) is 0.917. The van der Waals surface area contributed by atoms with E-state index in [1.165, 1.54) is 6.42 Å². The van der Waals surface area contributed by atoms with E-state index < -0.39 is 0 Å².